The lowest BCUT2D eigenvalue weighted by molar-refractivity contribution is 0.912. The highest BCUT2D eigenvalue weighted by Crippen LogP contribution is 2.17. The van der Waals surface area contributed by atoms with Gasteiger partial charge in [-0.15, -0.1) is 0 Å². The number of rotatable bonds is 2. The standard InChI is InChI=1S/C13H14N2O/c1-3-11-14-12(9(2)13(16)15-11)10-7-5-4-6-8-10/h4-8H,3H2,1-2H3,(H,14,15,16). The fraction of sp³-hybridized carbons (Fsp3) is 0.231. The third-order valence-electron chi connectivity index (χ3n) is 2.58. The lowest BCUT2D eigenvalue weighted by Crippen LogP contribution is -2.15. The molecule has 1 N–H and O–H groups in total. The first kappa shape index (κ1) is 10.6. The van der Waals surface area contributed by atoms with Crippen molar-refractivity contribution >= 4 is 0 Å². The molecule has 2 aromatic rings. The van der Waals surface area contributed by atoms with E-state index in [1.165, 1.54) is 0 Å². The third-order valence-corrected chi connectivity index (χ3v) is 2.58. The molecular weight excluding hydrogens is 200 g/mol. The van der Waals surface area contributed by atoms with Gasteiger partial charge in [0, 0.05) is 17.5 Å². The molecule has 1 aromatic heterocycles. The van der Waals surface area contributed by atoms with Gasteiger partial charge in [-0.05, 0) is 6.92 Å². The zero-order valence-electron chi connectivity index (χ0n) is 9.45. The molecular formula is C13H14N2O. The third kappa shape index (κ3) is 1.89. The average molecular weight is 214 g/mol. The highest BCUT2D eigenvalue weighted by molar-refractivity contribution is 5.62. The summed E-state index contributed by atoms with van der Waals surface area (Å²) in [7, 11) is 0. The molecule has 0 radical (unpaired) electrons. The van der Waals surface area contributed by atoms with Crippen LogP contribution in [-0.4, -0.2) is 9.97 Å². The highest BCUT2D eigenvalue weighted by atomic mass is 16.1. The van der Waals surface area contributed by atoms with Gasteiger partial charge in [0.25, 0.3) is 5.56 Å². The first-order valence-corrected chi connectivity index (χ1v) is 5.37. The molecule has 2 rings (SSSR count). The molecule has 0 atom stereocenters. The Hall–Kier alpha value is -1.90. The maximum atomic E-state index is 11.7. The molecule has 0 aliphatic carbocycles. The molecule has 0 unspecified atom stereocenters. The SMILES string of the molecule is CCc1nc(-c2ccccc2)c(C)c(=O)[nH]1. The van der Waals surface area contributed by atoms with Gasteiger partial charge in [-0.25, -0.2) is 4.98 Å². The van der Waals surface area contributed by atoms with Crippen molar-refractivity contribution in [3.05, 3.63) is 52.1 Å². The Morgan fingerprint density at radius 3 is 2.56 bits per heavy atom. The molecule has 0 saturated carbocycles. The Balaban J connectivity index is 2.65. The quantitative estimate of drug-likeness (QED) is 0.833. The second-order valence-corrected chi connectivity index (χ2v) is 3.71. The molecule has 0 spiro atoms. The van der Waals surface area contributed by atoms with Crippen LogP contribution in [0.25, 0.3) is 11.3 Å². The summed E-state index contributed by atoms with van der Waals surface area (Å²) in [5.41, 5.74) is 2.39. The van der Waals surface area contributed by atoms with Crippen molar-refractivity contribution in [2.75, 3.05) is 0 Å². The average Bonchev–Trinajstić information content (AvgIpc) is 2.33. The molecule has 3 nitrogen and oxygen atoms in total. The van der Waals surface area contributed by atoms with E-state index in [1.54, 1.807) is 6.92 Å². The molecule has 1 aromatic carbocycles. The fourth-order valence-electron chi connectivity index (χ4n) is 1.62. The van der Waals surface area contributed by atoms with Crippen molar-refractivity contribution in [2.45, 2.75) is 20.3 Å². The fourth-order valence-corrected chi connectivity index (χ4v) is 1.62. The number of nitrogens with zero attached hydrogens (tertiary/aromatic N) is 1. The normalized spacial score (nSPS) is 10.4. The van der Waals surface area contributed by atoms with Gasteiger partial charge in [-0.1, -0.05) is 37.3 Å². The van der Waals surface area contributed by atoms with Crippen molar-refractivity contribution in [1.82, 2.24) is 9.97 Å². The minimum atomic E-state index is -0.0503. The summed E-state index contributed by atoms with van der Waals surface area (Å²) >= 11 is 0. The van der Waals surface area contributed by atoms with Gasteiger partial charge < -0.3 is 4.98 Å². The van der Waals surface area contributed by atoms with E-state index in [9.17, 15) is 4.79 Å². The Morgan fingerprint density at radius 1 is 1.25 bits per heavy atom. The van der Waals surface area contributed by atoms with Crippen molar-refractivity contribution in [2.24, 2.45) is 0 Å². The second kappa shape index (κ2) is 4.31. The Labute approximate surface area is 94.2 Å². The van der Waals surface area contributed by atoms with Gasteiger partial charge in [0.05, 0.1) is 5.69 Å². The zero-order chi connectivity index (χ0) is 11.5. The van der Waals surface area contributed by atoms with Crippen LogP contribution in [0.15, 0.2) is 35.1 Å². The molecule has 0 aliphatic heterocycles. The smallest absolute Gasteiger partial charge is 0.254 e. The molecule has 3 heteroatoms. The van der Waals surface area contributed by atoms with Crippen LogP contribution in [0.1, 0.15) is 18.3 Å². The number of nitrogens with one attached hydrogen (secondary N) is 1. The number of benzene rings is 1. The number of H-pyrrole nitrogens is 1. The van der Waals surface area contributed by atoms with Crippen LogP contribution >= 0.6 is 0 Å². The Kier molecular flexibility index (Phi) is 2.86. The molecule has 0 fully saturated rings. The number of aromatic amines is 1. The predicted octanol–water partition coefficient (Wildman–Crippen LogP) is 2.31. The van der Waals surface area contributed by atoms with E-state index < -0.39 is 0 Å². The monoisotopic (exact) mass is 214 g/mol. The summed E-state index contributed by atoms with van der Waals surface area (Å²) in [6.07, 6.45) is 0.732. The van der Waals surface area contributed by atoms with Crippen LogP contribution in [-0.2, 0) is 6.42 Å². The maximum Gasteiger partial charge on any atom is 0.254 e. The minimum absolute atomic E-state index is 0.0503. The lowest BCUT2D eigenvalue weighted by atomic mass is 10.1. The van der Waals surface area contributed by atoms with E-state index >= 15 is 0 Å². The van der Waals surface area contributed by atoms with E-state index in [2.05, 4.69) is 9.97 Å². The van der Waals surface area contributed by atoms with Crippen molar-refractivity contribution in [3.63, 3.8) is 0 Å². The van der Waals surface area contributed by atoms with Crippen LogP contribution in [0, 0.1) is 6.92 Å². The Morgan fingerprint density at radius 2 is 1.94 bits per heavy atom. The van der Waals surface area contributed by atoms with Crippen molar-refractivity contribution < 1.29 is 0 Å². The topological polar surface area (TPSA) is 45.8 Å². The summed E-state index contributed by atoms with van der Waals surface area (Å²) in [5.74, 6) is 0.731. The van der Waals surface area contributed by atoms with Gasteiger partial charge in [0.15, 0.2) is 0 Å². The number of aromatic nitrogens is 2. The van der Waals surface area contributed by atoms with Crippen LogP contribution in [0.2, 0.25) is 0 Å². The predicted molar refractivity (Wildman–Crippen MR) is 64.4 cm³/mol. The summed E-state index contributed by atoms with van der Waals surface area (Å²) in [6.45, 7) is 3.77. The van der Waals surface area contributed by atoms with Crippen LogP contribution in [0.4, 0.5) is 0 Å². The van der Waals surface area contributed by atoms with Gasteiger partial charge in [0.1, 0.15) is 5.82 Å². The molecule has 82 valence electrons. The van der Waals surface area contributed by atoms with E-state index in [0.29, 0.717) is 5.56 Å². The van der Waals surface area contributed by atoms with Crippen LogP contribution in [0.3, 0.4) is 0 Å². The highest BCUT2D eigenvalue weighted by Gasteiger charge is 2.08. The van der Waals surface area contributed by atoms with Crippen molar-refractivity contribution in [3.8, 4) is 11.3 Å². The molecule has 0 bridgehead atoms. The van der Waals surface area contributed by atoms with Gasteiger partial charge >= 0.3 is 0 Å². The van der Waals surface area contributed by atoms with E-state index in [4.69, 9.17) is 0 Å². The molecule has 1 heterocycles. The van der Waals surface area contributed by atoms with Crippen LogP contribution in [0.5, 0.6) is 0 Å². The first-order valence-electron chi connectivity index (χ1n) is 5.37. The zero-order valence-corrected chi connectivity index (χ0v) is 9.45. The largest absolute Gasteiger partial charge is 0.310 e. The second-order valence-electron chi connectivity index (χ2n) is 3.71. The van der Waals surface area contributed by atoms with E-state index in [-0.39, 0.29) is 5.56 Å². The van der Waals surface area contributed by atoms with Crippen LogP contribution < -0.4 is 5.56 Å². The van der Waals surface area contributed by atoms with Gasteiger partial charge in [-0.2, -0.15) is 0 Å². The molecule has 0 saturated heterocycles. The Bertz CT molecular complexity index is 544. The number of hydrogen-bond acceptors (Lipinski definition) is 2. The lowest BCUT2D eigenvalue weighted by Gasteiger charge is -2.06. The number of hydrogen-bond donors (Lipinski definition) is 1. The minimum Gasteiger partial charge on any atom is -0.310 e. The van der Waals surface area contributed by atoms with E-state index in [0.717, 1.165) is 23.5 Å². The molecule has 0 amide bonds. The molecule has 0 aliphatic rings. The van der Waals surface area contributed by atoms with E-state index in [1.807, 2.05) is 37.3 Å². The van der Waals surface area contributed by atoms with Crippen molar-refractivity contribution in [1.29, 1.82) is 0 Å². The summed E-state index contributed by atoms with van der Waals surface area (Å²) in [4.78, 5) is 18.9. The maximum absolute atomic E-state index is 11.7. The summed E-state index contributed by atoms with van der Waals surface area (Å²) < 4.78 is 0. The van der Waals surface area contributed by atoms with Gasteiger partial charge in [-0.3, -0.25) is 4.79 Å². The van der Waals surface area contributed by atoms with Gasteiger partial charge in [0.2, 0.25) is 0 Å². The first-order chi connectivity index (χ1) is 7.72. The number of aryl methyl sites for hydroxylation is 1. The summed E-state index contributed by atoms with van der Waals surface area (Å²) in [5, 5.41) is 0. The molecule has 16 heavy (non-hydrogen) atoms. The summed E-state index contributed by atoms with van der Waals surface area (Å²) in [6, 6.07) is 9.78.